The molecule has 0 saturated heterocycles. The van der Waals surface area contributed by atoms with Crippen molar-refractivity contribution in [3.63, 3.8) is 0 Å². The van der Waals surface area contributed by atoms with E-state index in [1.807, 2.05) is 36.1 Å². The first-order valence-corrected chi connectivity index (χ1v) is 7.67. The number of likely N-dealkylation sites (N-methyl/N-ethyl adjacent to an activating group) is 1. The predicted molar refractivity (Wildman–Crippen MR) is 85.0 cm³/mol. The maximum Gasteiger partial charge on any atom is 0.107 e. The number of hydrogen-bond acceptors (Lipinski definition) is 6. The Labute approximate surface area is 131 Å². The molecule has 6 nitrogen and oxygen atoms in total. The van der Waals surface area contributed by atoms with Crippen molar-refractivity contribution >= 4 is 0 Å². The molecule has 0 spiro atoms. The van der Waals surface area contributed by atoms with Crippen LogP contribution in [0.5, 0.6) is 0 Å². The van der Waals surface area contributed by atoms with Crippen LogP contribution in [0.2, 0.25) is 0 Å². The Hall–Kier alpha value is -1.02. The van der Waals surface area contributed by atoms with Crippen molar-refractivity contribution in [3.05, 3.63) is 35.4 Å². The molecule has 0 heterocycles. The molecule has 6 N–H and O–H groups in total. The quantitative estimate of drug-likeness (QED) is 0.396. The number of nitrogens with two attached hydrogens (primary N) is 1. The first-order chi connectivity index (χ1) is 10.5. The molecule has 22 heavy (non-hydrogen) atoms. The zero-order valence-electron chi connectivity index (χ0n) is 13.1. The zero-order chi connectivity index (χ0) is 16.5. The summed E-state index contributed by atoms with van der Waals surface area (Å²) in [6.45, 7) is 3.84. The maximum absolute atomic E-state index is 10.0. The third kappa shape index (κ3) is 6.00. The van der Waals surface area contributed by atoms with Crippen LogP contribution in [0.4, 0.5) is 0 Å². The summed E-state index contributed by atoms with van der Waals surface area (Å²) in [4.78, 5) is 1.98. The van der Waals surface area contributed by atoms with Gasteiger partial charge >= 0.3 is 0 Å². The van der Waals surface area contributed by atoms with Gasteiger partial charge in [-0.1, -0.05) is 31.2 Å². The van der Waals surface area contributed by atoms with Gasteiger partial charge in [0.1, 0.15) is 6.10 Å². The second-order valence-electron chi connectivity index (χ2n) is 5.49. The second kappa shape index (κ2) is 9.89. The topological polar surface area (TPSA) is 110 Å². The van der Waals surface area contributed by atoms with Crippen LogP contribution in [0.1, 0.15) is 24.5 Å². The summed E-state index contributed by atoms with van der Waals surface area (Å²) in [6.07, 6.45) is -3.40. The number of aliphatic hydroxyl groups excluding tert-OH is 4. The van der Waals surface area contributed by atoms with Gasteiger partial charge < -0.3 is 26.2 Å². The van der Waals surface area contributed by atoms with Crippen molar-refractivity contribution < 1.29 is 20.4 Å². The van der Waals surface area contributed by atoms with Crippen molar-refractivity contribution in [3.8, 4) is 0 Å². The highest BCUT2D eigenvalue weighted by Gasteiger charge is 2.25. The largest absolute Gasteiger partial charge is 0.396 e. The second-order valence-corrected chi connectivity index (χ2v) is 5.49. The van der Waals surface area contributed by atoms with Gasteiger partial charge in [0.25, 0.3) is 0 Å². The summed E-state index contributed by atoms with van der Waals surface area (Å²) in [7, 11) is 0. The summed E-state index contributed by atoms with van der Waals surface area (Å²) in [5, 5.41) is 38.3. The standard InChI is InChI=1S/C16H28N2O4/c1-2-18(10-13-5-3-12(9-17)4-6-13)11-15(21)16(22)14(20)7-8-19/h3-6,14-16,19-22H,2,7-11,17H2,1H3. The minimum Gasteiger partial charge on any atom is -0.396 e. The number of hydrogen-bond donors (Lipinski definition) is 5. The number of aliphatic hydroxyl groups is 4. The molecule has 1 aromatic rings. The molecule has 126 valence electrons. The molecule has 6 heteroatoms. The highest BCUT2D eigenvalue weighted by molar-refractivity contribution is 5.22. The molecule has 0 fully saturated rings. The van der Waals surface area contributed by atoms with E-state index in [1.54, 1.807) is 0 Å². The molecule has 0 bridgehead atoms. The van der Waals surface area contributed by atoms with Crippen molar-refractivity contribution in [2.75, 3.05) is 19.7 Å². The van der Waals surface area contributed by atoms with Crippen molar-refractivity contribution in [2.24, 2.45) is 5.73 Å². The van der Waals surface area contributed by atoms with E-state index < -0.39 is 18.3 Å². The fourth-order valence-corrected chi connectivity index (χ4v) is 2.28. The van der Waals surface area contributed by atoms with Crippen LogP contribution in [-0.2, 0) is 13.1 Å². The lowest BCUT2D eigenvalue weighted by atomic mass is 10.0. The van der Waals surface area contributed by atoms with Crippen LogP contribution >= 0.6 is 0 Å². The Bertz CT molecular complexity index is 413. The summed E-state index contributed by atoms with van der Waals surface area (Å²) < 4.78 is 0. The predicted octanol–water partition coefficient (Wildman–Crippen LogP) is -0.568. The maximum atomic E-state index is 10.0. The molecule has 1 aromatic carbocycles. The average molecular weight is 312 g/mol. The lowest BCUT2D eigenvalue weighted by Crippen LogP contribution is -2.44. The Kier molecular flexibility index (Phi) is 8.55. The Balaban J connectivity index is 2.56. The lowest BCUT2D eigenvalue weighted by molar-refractivity contribution is -0.0750. The van der Waals surface area contributed by atoms with Crippen LogP contribution in [0, 0.1) is 0 Å². The summed E-state index contributed by atoms with van der Waals surface area (Å²) >= 11 is 0. The zero-order valence-corrected chi connectivity index (χ0v) is 13.1. The fraction of sp³-hybridized carbons (Fsp3) is 0.625. The van der Waals surface area contributed by atoms with E-state index in [9.17, 15) is 15.3 Å². The molecule has 1 rings (SSSR count). The van der Waals surface area contributed by atoms with Gasteiger partial charge in [0, 0.05) is 26.2 Å². The molecule has 0 radical (unpaired) electrons. The van der Waals surface area contributed by atoms with Crippen molar-refractivity contribution in [2.45, 2.75) is 44.7 Å². The van der Waals surface area contributed by atoms with Gasteiger partial charge in [-0.15, -0.1) is 0 Å². The molecule has 0 aromatic heterocycles. The van der Waals surface area contributed by atoms with Crippen LogP contribution in [-0.4, -0.2) is 63.3 Å². The van der Waals surface area contributed by atoms with Gasteiger partial charge in [0.15, 0.2) is 0 Å². The van der Waals surface area contributed by atoms with E-state index in [-0.39, 0.29) is 19.6 Å². The number of rotatable bonds is 10. The van der Waals surface area contributed by atoms with E-state index in [0.29, 0.717) is 19.6 Å². The van der Waals surface area contributed by atoms with Gasteiger partial charge in [-0.05, 0) is 24.1 Å². The van der Waals surface area contributed by atoms with Crippen LogP contribution in [0.3, 0.4) is 0 Å². The highest BCUT2D eigenvalue weighted by atomic mass is 16.4. The molecule has 3 atom stereocenters. The average Bonchev–Trinajstić information content (AvgIpc) is 2.54. The minimum atomic E-state index is -1.26. The van der Waals surface area contributed by atoms with Crippen molar-refractivity contribution in [1.29, 1.82) is 0 Å². The fourth-order valence-electron chi connectivity index (χ4n) is 2.28. The van der Waals surface area contributed by atoms with Crippen molar-refractivity contribution in [1.82, 2.24) is 4.90 Å². The van der Waals surface area contributed by atoms with Crippen LogP contribution < -0.4 is 5.73 Å². The monoisotopic (exact) mass is 312 g/mol. The van der Waals surface area contributed by atoms with Gasteiger partial charge in [0.05, 0.1) is 12.2 Å². The number of nitrogens with zero attached hydrogens (tertiary/aromatic N) is 1. The smallest absolute Gasteiger partial charge is 0.107 e. The normalized spacial score (nSPS) is 15.8. The highest BCUT2D eigenvalue weighted by Crippen LogP contribution is 2.10. The first-order valence-electron chi connectivity index (χ1n) is 7.67. The summed E-state index contributed by atoms with van der Waals surface area (Å²) in [5.74, 6) is 0. The van der Waals surface area contributed by atoms with E-state index in [4.69, 9.17) is 10.8 Å². The first kappa shape index (κ1) is 19.0. The SMILES string of the molecule is CCN(Cc1ccc(CN)cc1)CC(O)C(O)C(O)CCO. The third-order valence-electron chi connectivity index (χ3n) is 3.77. The molecule has 0 aliphatic carbocycles. The van der Waals surface area contributed by atoms with Crippen LogP contribution in [0.15, 0.2) is 24.3 Å². The third-order valence-corrected chi connectivity index (χ3v) is 3.77. The Morgan fingerprint density at radius 1 is 1.05 bits per heavy atom. The van der Waals surface area contributed by atoms with Crippen LogP contribution in [0.25, 0.3) is 0 Å². The van der Waals surface area contributed by atoms with E-state index in [1.165, 1.54) is 0 Å². The molecular formula is C16H28N2O4. The van der Waals surface area contributed by atoms with Gasteiger partial charge in [0.2, 0.25) is 0 Å². The summed E-state index contributed by atoms with van der Waals surface area (Å²) in [5.41, 5.74) is 7.73. The minimum absolute atomic E-state index is 0.0465. The molecule has 3 unspecified atom stereocenters. The molecule has 0 amide bonds. The van der Waals surface area contributed by atoms with Gasteiger partial charge in [-0.2, -0.15) is 0 Å². The van der Waals surface area contributed by atoms with E-state index >= 15 is 0 Å². The van der Waals surface area contributed by atoms with E-state index in [0.717, 1.165) is 11.1 Å². The van der Waals surface area contributed by atoms with E-state index in [2.05, 4.69) is 0 Å². The molecule has 0 aliphatic rings. The van der Waals surface area contributed by atoms with Gasteiger partial charge in [-0.25, -0.2) is 0 Å². The number of benzene rings is 1. The Morgan fingerprint density at radius 2 is 1.64 bits per heavy atom. The Morgan fingerprint density at radius 3 is 2.14 bits per heavy atom. The summed E-state index contributed by atoms with van der Waals surface area (Å²) in [6, 6.07) is 7.93. The van der Waals surface area contributed by atoms with Gasteiger partial charge in [-0.3, -0.25) is 4.90 Å². The molecular weight excluding hydrogens is 284 g/mol. The molecule has 0 saturated carbocycles. The molecule has 0 aliphatic heterocycles. The lowest BCUT2D eigenvalue weighted by Gasteiger charge is -2.28.